The summed E-state index contributed by atoms with van der Waals surface area (Å²) in [5.74, 6) is 1.50. The molecular formula is C25H34N4O2. The van der Waals surface area contributed by atoms with E-state index in [0.717, 1.165) is 55.8 Å². The minimum Gasteiger partial charge on any atom is -0.489 e. The van der Waals surface area contributed by atoms with Crippen molar-refractivity contribution in [3.8, 4) is 5.75 Å². The van der Waals surface area contributed by atoms with Crippen molar-refractivity contribution in [1.82, 2.24) is 15.2 Å². The zero-order valence-corrected chi connectivity index (χ0v) is 18.9. The van der Waals surface area contributed by atoms with Crippen molar-refractivity contribution < 1.29 is 9.53 Å². The third-order valence-corrected chi connectivity index (χ3v) is 6.62. The minimum atomic E-state index is -0.0399. The summed E-state index contributed by atoms with van der Waals surface area (Å²) >= 11 is 0. The molecule has 2 aliphatic rings. The maximum absolute atomic E-state index is 13.2. The molecule has 4 rings (SSSR count). The fraction of sp³-hybridized carbons (Fsp3) is 0.520. The molecule has 6 nitrogen and oxygen atoms in total. The average molecular weight is 423 g/mol. The Kier molecular flexibility index (Phi) is 6.76. The molecule has 1 aliphatic heterocycles. The molecule has 1 aromatic carbocycles. The van der Waals surface area contributed by atoms with Crippen molar-refractivity contribution >= 4 is 17.4 Å². The number of hydrogen-bond acceptors (Lipinski definition) is 5. The highest BCUT2D eigenvalue weighted by Gasteiger charge is 2.29. The van der Waals surface area contributed by atoms with E-state index in [2.05, 4.69) is 40.0 Å². The van der Waals surface area contributed by atoms with Crippen LogP contribution in [0.15, 0.2) is 36.5 Å². The Labute approximate surface area is 185 Å². The SMILES string of the molecule is CCN(CC)[C@H]1CC[C@H](NC(=O)c2cccc3c2OCCN3c2ccc(C)cn2)CC1. The van der Waals surface area contributed by atoms with Crippen LogP contribution in [0.25, 0.3) is 0 Å². The van der Waals surface area contributed by atoms with Crippen LogP contribution in [-0.4, -0.2) is 54.1 Å². The summed E-state index contributed by atoms with van der Waals surface area (Å²) in [4.78, 5) is 22.4. The zero-order chi connectivity index (χ0) is 21.8. The Morgan fingerprint density at radius 3 is 2.61 bits per heavy atom. The Morgan fingerprint density at radius 2 is 1.94 bits per heavy atom. The van der Waals surface area contributed by atoms with Crippen molar-refractivity contribution in [1.29, 1.82) is 0 Å². The maximum atomic E-state index is 13.2. The third-order valence-electron chi connectivity index (χ3n) is 6.62. The molecule has 1 N–H and O–H groups in total. The summed E-state index contributed by atoms with van der Waals surface area (Å²) in [5.41, 5.74) is 2.64. The molecule has 0 atom stereocenters. The predicted octanol–water partition coefficient (Wildman–Crippen LogP) is 4.30. The zero-order valence-electron chi connectivity index (χ0n) is 18.9. The van der Waals surface area contributed by atoms with Gasteiger partial charge in [-0.25, -0.2) is 4.98 Å². The monoisotopic (exact) mass is 422 g/mol. The van der Waals surface area contributed by atoms with E-state index in [1.54, 1.807) is 0 Å². The first-order valence-corrected chi connectivity index (χ1v) is 11.6. The van der Waals surface area contributed by atoms with Crippen molar-refractivity contribution in [2.75, 3.05) is 31.1 Å². The predicted molar refractivity (Wildman–Crippen MR) is 124 cm³/mol. The molecule has 0 spiro atoms. The van der Waals surface area contributed by atoms with E-state index in [0.29, 0.717) is 30.5 Å². The molecule has 1 amide bonds. The number of fused-ring (bicyclic) bond motifs is 1. The molecule has 31 heavy (non-hydrogen) atoms. The normalized spacial score (nSPS) is 20.8. The number of carbonyl (C=O) groups is 1. The molecule has 0 saturated heterocycles. The van der Waals surface area contributed by atoms with Gasteiger partial charge < -0.3 is 19.9 Å². The van der Waals surface area contributed by atoms with Gasteiger partial charge in [-0.05, 0) is 69.5 Å². The molecule has 1 aliphatic carbocycles. The van der Waals surface area contributed by atoms with E-state index in [9.17, 15) is 4.79 Å². The number of hydrogen-bond donors (Lipinski definition) is 1. The van der Waals surface area contributed by atoms with E-state index in [4.69, 9.17) is 4.74 Å². The van der Waals surface area contributed by atoms with E-state index in [1.807, 2.05) is 37.4 Å². The van der Waals surface area contributed by atoms with Crippen LogP contribution in [-0.2, 0) is 0 Å². The van der Waals surface area contributed by atoms with Crippen molar-refractivity contribution in [3.05, 3.63) is 47.7 Å². The lowest BCUT2D eigenvalue weighted by atomic mass is 9.90. The van der Waals surface area contributed by atoms with Gasteiger partial charge >= 0.3 is 0 Å². The van der Waals surface area contributed by atoms with E-state index >= 15 is 0 Å². The van der Waals surface area contributed by atoms with Gasteiger partial charge in [-0.2, -0.15) is 0 Å². The van der Waals surface area contributed by atoms with E-state index < -0.39 is 0 Å². The quantitative estimate of drug-likeness (QED) is 0.752. The molecule has 0 bridgehead atoms. The second kappa shape index (κ2) is 9.69. The lowest BCUT2D eigenvalue weighted by molar-refractivity contribution is 0.0902. The fourth-order valence-corrected chi connectivity index (χ4v) is 4.87. The molecular weight excluding hydrogens is 388 g/mol. The number of nitrogens with one attached hydrogen (secondary N) is 1. The molecule has 6 heteroatoms. The van der Waals surface area contributed by atoms with Crippen molar-refractivity contribution in [2.24, 2.45) is 0 Å². The van der Waals surface area contributed by atoms with Crippen LogP contribution >= 0.6 is 0 Å². The first-order chi connectivity index (χ1) is 15.1. The van der Waals surface area contributed by atoms with Gasteiger partial charge in [-0.3, -0.25) is 4.79 Å². The summed E-state index contributed by atoms with van der Waals surface area (Å²) in [6.45, 7) is 9.92. The van der Waals surface area contributed by atoms with Crippen LogP contribution in [0.5, 0.6) is 5.75 Å². The number of rotatable bonds is 6. The summed E-state index contributed by atoms with van der Waals surface area (Å²) in [6, 6.07) is 10.7. The molecule has 166 valence electrons. The van der Waals surface area contributed by atoms with E-state index in [-0.39, 0.29) is 11.9 Å². The van der Waals surface area contributed by atoms with Crippen LogP contribution in [0.2, 0.25) is 0 Å². The number of ether oxygens (including phenoxy) is 1. The molecule has 1 saturated carbocycles. The molecule has 1 aromatic heterocycles. The van der Waals surface area contributed by atoms with Gasteiger partial charge in [-0.1, -0.05) is 26.0 Å². The molecule has 2 heterocycles. The highest BCUT2D eigenvalue weighted by molar-refractivity contribution is 5.99. The van der Waals surface area contributed by atoms with Gasteiger partial charge in [0.2, 0.25) is 0 Å². The van der Waals surface area contributed by atoms with Gasteiger partial charge in [0.05, 0.1) is 17.8 Å². The lowest BCUT2D eigenvalue weighted by Gasteiger charge is -2.36. The van der Waals surface area contributed by atoms with Crippen LogP contribution in [0.1, 0.15) is 55.5 Å². The first kappa shape index (κ1) is 21.6. The summed E-state index contributed by atoms with van der Waals surface area (Å²) in [7, 11) is 0. The van der Waals surface area contributed by atoms with Gasteiger partial charge in [0, 0.05) is 18.3 Å². The maximum Gasteiger partial charge on any atom is 0.255 e. The Hall–Kier alpha value is -2.60. The number of amides is 1. The number of anilines is 2. The Bertz CT molecular complexity index is 887. The first-order valence-electron chi connectivity index (χ1n) is 11.6. The summed E-state index contributed by atoms with van der Waals surface area (Å²) < 4.78 is 5.98. The van der Waals surface area contributed by atoms with Gasteiger partial charge in [0.1, 0.15) is 12.4 Å². The third kappa shape index (κ3) is 4.69. The number of carbonyl (C=O) groups excluding carboxylic acids is 1. The summed E-state index contributed by atoms with van der Waals surface area (Å²) in [5, 5.41) is 3.27. The standard InChI is InChI=1S/C25H34N4O2/c1-4-28(5-2)20-12-10-19(11-13-20)27-25(30)21-7-6-8-22-24(21)31-16-15-29(22)23-14-9-18(3)17-26-23/h6-9,14,17,19-20H,4-5,10-13,15-16H2,1-3H3,(H,27,30)/t19-,20-. The number of aryl methyl sites for hydroxylation is 1. The highest BCUT2D eigenvalue weighted by atomic mass is 16.5. The minimum absolute atomic E-state index is 0.0399. The number of benzene rings is 1. The topological polar surface area (TPSA) is 57.7 Å². The van der Waals surface area contributed by atoms with E-state index in [1.165, 1.54) is 0 Å². The second-order valence-electron chi connectivity index (χ2n) is 8.55. The number of para-hydroxylation sites is 1. The Morgan fingerprint density at radius 1 is 1.16 bits per heavy atom. The van der Waals surface area contributed by atoms with Crippen LogP contribution in [0, 0.1) is 6.92 Å². The van der Waals surface area contributed by atoms with Gasteiger partial charge in [0.15, 0.2) is 5.75 Å². The second-order valence-corrected chi connectivity index (χ2v) is 8.55. The van der Waals surface area contributed by atoms with Crippen molar-refractivity contribution in [2.45, 2.75) is 58.5 Å². The van der Waals surface area contributed by atoms with Gasteiger partial charge in [-0.15, -0.1) is 0 Å². The number of aromatic nitrogens is 1. The van der Waals surface area contributed by atoms with Gasteiger partial charge in [0.25, 0.3) is 5.91 Å². The molecule has 2 aromatic rings. The van der Waals surface area contributed by atoms with Crippen LogP contribution < -0.4 is 15.0 Å². The fourth-order valence-electron chi connectivity index (χ4n) is 4.87. The highest BCUT2D eigenvalue weighted by Crippen LogP contribution is 2.38. The number of nitrogens with zero attached hydrogens (tertiary/aromatic N) is 3. The van der Waals surface area contributed by atoms with Crippen molar-refractivity contribution in [3.63, 3.8) is 0 Å². The number of pyridine rings is 1. The lowest BCUT2D eigenvalue weighted by Crippen LogP contribution is -2.44. The Balaban J connectivity index is 1.46. The average Bonchev–Trinajstić information content (AvgIpc) is 2.80. The molecule has 0 radical (unpaired) electrons. The largest absolute Gasteiger partial charge is 0.489 e. The molecule has 1 fully saturated rings. The smallest absolute Gasteiger partial charge is 0.255 e. The van der Waals surface area contributed by atoms with Crippen LogP contribution in [0.4, 0.5) is 11.5 Å². The molecule has 0 unspecified atom stereocenters. The summed E-state index contributed by atoms with van der Waals surface area (Å²) in [6.07, 6.45) is 6.21. The van der Waals surface area contributed by atoms with Crippen LogP contribution in [0.3, 0.4) is 0 Å².